The summed E-state index contributed by atoms with van der Waals surface area (Å²) in [5.41, 5.74) is 6.50. The van der Waals surface area contributed by atoms with Crippen molar-refractivity contribution < 1.29 is 12.8 Å². The summed E-state index contributed by atoms with van der Waals surface area (Å²) < 4.78 is 40.1. The molecule has 0 heterocycles. The number of hydrogen-bond donors (Lipinski definition) is 2. The Morgan fingerprint density at radius 2 is 1.90 bits per heavy atom. The van der Waals surface area contributed by atoms with Gasteiger partial charge in [0.05, 0.1) is 16.3 Å². The van der Waals surface area contributed by atoms with Gasteiger partial charge in [-0.25, -0.2) is 12.8 Å². The summed E-state index contributed by atoms with van der Waals surface area (Å²) in [5, 5.41) is 0.341. The molecule has 0 amide bonds. The molecule has 0 fully saturated rings. The van der Waals surface area contributed by atoms with E-state index >= 15 is 0 Å². The molecule has 0 atom stereocenters. The number of aryl methyl sites for hydroxylation is 1. The SMILES string of the molecule is Cc1ccc(F)cc1S(=O)(=O)Nc1cc(Cl)ccc1N. The van der Waals surface area contributed by atoms with Crippen LogP contribution in [0.2, 0.25) is 5.02 Å². The van der Waals surface area contributed by atoms with Crippen molar-refractivity contribution in [1.29, 1.82) is 0 Å². The zero-order chi connectivity index (χ0) is 14.9. The molecule has 7 heteroatoms. The topological polar surface area (TPSA) is 72.2 Å². The fourth-order valence-electron chi connectivity index (χ4n) is 1.68. The first kappa shape index (κ1) is 14.6. The van der Waals surface area contributed by atoms with Crippen LogP contribution in [-0.4, -0.2) is 8.42 Å². The average molecular weight is 315 g/mol. The highest BCUT2D eigenvalue weighted by atomic mass is 35.5. The molecule has 0 radical (unpaired) electrons. The number of nitrogens with two attached hydrogens (primary N) is 1. The molecule has 0 spiro atoms. The fourth-order valence-corrected chi connectivity index (χ4v) is 3.19. The van der Waals surface area contributed by atoms with Crippen LogP contribution in [0.4, 0.5) is 15.8 Å². The van der Waals surface area contributed by atoms with E-state index in [0.717, 1.165) is 6.07 Å². The lowest BCUT2D eigenvalue weighted by molar-refractivity contribution is 0.594. The van der Waals surface area contributed by atoms with Gasteiger partial charge in [-0.15, -0.1) is 0 Å². The second kappa shape index (κ2) is 5.30. The maximum absolute atomic E-state index is 13.2. The predicted molar refractivity (Wildman–Crippen MR) is 77.8 cm³/mol. The van der Waals surface area contributed by atoms with Gasteiger partial charge in [0.15, 0.2) is 0 Å². The van der Waals surface area contributed by atoms with E-state index in [-0.39, 0.29) is 16.3 Å². The first-order chi connectivity index (χ1) is 9.29. The highest BCUT2D eigenvalue weighted by Gasteiger charge is 2.19. The van der Waals surface area contributed by atoms with Crippen LogP contribution in [0.1, 0.15) is 5.56 Å². The number of halogens is 2. The van der Waals surface area contributed by atoms with E-state index < -0.39 is 15.8 Å². The summed E-state index contributed by atoms with van der Waals surface area (Å²) in [5.74, 6) is -0.630. The second-order valence-electron chi connectivity index (χ2n) is 4.25. The third-order valence-corrected chi connectivity index (χ3v) is 4.44. The van der Waals surface area contributed by atoms with E-state index in [2.05, 4.69) is 4.72 Å². The first-order valence-corrected chi connectivity index (χ1v) is 7.50. The minimum Gasteiger partial charge on any atom is -0.397 e. The average Bonchev–Trinajstić information content (AvgIpc) is 2.36. The van der Waals surface area contributed by atoms with Crippen LogP contribution in [0.3, 0.4) is 0 Å². The summed E-state index contributed by atoms with van der Waals surface area (Å²) in [7, 11) is -3.93. The molecule has 0 saturated heterocycles. The fraction of sp³-hybridized carbons (Fsp3) is 0.0769. The lowest BCUT2D eigenvalue weighted by Gasteiger charge is -2.12. The van der Waals surface area contributed by atoms with Crippen molar-refractivity contribution in [2.24, 2.45) is 0 Å². The van der Waals surface area contributed by atoms with E-state index in [9.17, 15) is 12.8 Å². The molecule has 2 aromatic carbocycles. The lowest BCUT2D eigenvalue weighted by atomic mass is 10.2. The third-order valence-electron chi connectivity index (χ3n) is 2.70. The minimum atomic E-state index is -3.93. The van der Waals surface area contributed by atoms with Gasteiger partial charge in [-0.3, -0.25) is 4.72 Å². The van der Waals surface area contributed by atoms with Gasteiger partial charge in [0.2, 0.25) is 0 Å². The van der Waals surface area contributed by atoms with Crippen LogP contribution in [0, 0.1) is 12.7 Å². The molecule has 0 unspecified atom stereocenters. The van der Waals surface area contributed by atoms with Gasteiger partial charge in [0.25, 0.3) is 10.0 Å². The monoisotopic (exact) mass is 314 g/mol. The second-order valence-corrected chi connectivity index (χ2v) is 6.33. The minimum absolute atomic E-state index is 0.142. The van der Waals surface area contributed by atoms with Crippen molar-refractivity contribution in [3.8, 4) is 0 Å². The van der Waals surface area contributed by atoms with Crippen molar-refractivity contribution in [3.63, 3.8) is 0 Å². The molecule has 20 heavy (non-hydrogen) atoms. The molecular formula is C13H12ClFN2O2S. The van der Waals surface area contributed by atoms with Crippen LogP contribution >= 0.6 is 11.6 Å². The molecule has 3 N–H and O–H groups in total. The molecule has 2 rings (SSSR count). The number of benzene rings is 2. The van der Waals surface area contributed by atoms with Gasteiger partial charge in [0.1, 0.15) is 5.82 Å². The number of nitrogen functional groups attached to an aromatic ring is 1. The molecule has 0 bridgehead atoms. The van der Waals surface area contributed by atoms with Crippen molar-refractivity contribution in [1.82, 2.24) is 0 Å². The van der Waals surface area contributed by atoms with Crippen molar-refractivity contribution in [2.45, 2.75) is 11.8 Å². The first-order valence-electron chi connectivity index (χ1n) is 5.63. The Hall–Kier alpha value is -1.79. The number of hydrogen-bond acceptors (Lipinski definition) is 3. The number of nitrogens with one attached hydrogen (secondary N) is 1. The van der Waals surface area contributed by atoms with Crippen LogP contribution < -0.4 is 10.5 Å². The zero-order valence-electron chi connectivity index (χ0n) is 10.5. The molecule has 106 valence electrons. The Balaban J connectivity index is 2.46. The summed E-state index contributed by atoms with van der Waals surface area (Å²) in [6.45, 7) is 1.58. The van der Waals surface area contributed by atoms with E-state index in [1.165, 1.54) is 24.3 Å². The Bertz CT molecular complexity index is 763. The van der Waals surface area contributed by atoms with Crippen molar-refractivity contribution in [2.75, 3.05) is 10.5 Å². The summed E-state index contributed by atoms with van der Waals surface area (Å²) >= 11 is 5.80. The van der Waals surface area contributed by atoms with Crippen LogP contribution in [0.25, 0.3) is 0 Å². The predicted octanol–water partition coefficient (Wildman–Crippen LogP) is 3.17. The highest BCUT2D eigenvalue weighted by molar-refractivity contribution is 7.92. The lowest BCUT2D eigenvalue weighted by Crippen LogP contribution is -2.15. The molecule has 0 aromatic heterocycles. The molecule has 0 aliphatic carbocycles. The number of rotatable bonds is 3. The standard InChI is InChI=1S/C13H12ClFN2O2S/c1-8-2-4-10(15)7-13(8)20(18,19)17-12-6-9(14)3-5-11(12)16/h2-7,17H,16H2,1H3. The maximum atomic E-state index is 13.2. The van der Waals surface area contributed by atoms with Gasteiger partial charge in [-0.2, -0.15) is 0 Å². The largest absolute Gasteiger partial charge is 0.397 e. The van der Waals surface area contributed by atoms with Gasteiger partial charge in [-0.05, 0) is 42.8 Å². The van der Waals surface area contributed by atoms with Crippen molar-refractivity contribution >= 4 is 33.0 Å². The quantitative estimate of drug-likeness (QED) is 0.855. The Kier molecular flexibility index (Phi) is 3.87. The summed E-state index contributed by atoms with van der Waals surface area (Å²) in [6.07, 6.45) is 0. The number of anilines is 2. The summed E-state index contributed by atoms with van der Waals surface area (Å²) in [4.78, 5) is -0.142. The Morgan fingerprint density at radius 3 is 2.60 bits per heavy atom. The molecule has 0 saturated carbocycles. The van der Waals surface area contributed by atoms with Crippen LogP contribution in [-0.2, 0) is 10.0 Å². The van der Waals surface area contributed by atoms with Crippen molar-refractivity contribution in [3.05, 3.63) is 52.8 Å². The molecular weight excluding hydrogens is 303 g/mol. The Labute approximate surface area is 121 Å². The molecule has 4 nitrogen and oxygen atoms in total. The molecule has 2 aromatic rings. The van der Waals surface area contributed by atoms with Gasteiger partial charge >= 0.3 is 0 Å². The van der Waals surface area contributed by atoms with Gasteiger partial charge < -0.3 is 5.73 Å². The van der Waals surface area contributed by atoms with E-state index in [0.29, 0.717) is 10.6 Å². The maximum Gasteiger partial charge on any atom is 0.262 e. The highest BCUT2D eigenvalue weighted by Crippen LogP contribution is 2.26. The zero-order valence-corrected chi connectivity index (χ0v) is 12.1. The number of sulfonamides is 1. The van der Waals surface area contributed by atoms with Gasteiger partial charge in [-0.1, -0.05) is 17.7 Å². The van der Waals surface area contributed by atoms with Crippen LogP contribution in [0.15, 0.2) is 41.3 Å². The Morgan fingerprint density at radius 1 is 1.20 bits per heavy atom. The van der Waals surface area contributed by atoms with Crippen LogP contribution in [0.5, 0.6) is 0 Å². The molecule has 0 aliphatic rings. The third kappa shape index (κ3) is 3.02. The summed E-state index contributed by atoms with van der Waals surface area (Å²) in [6, 6.07) is 7.97. The smallest absolute Gasteiger partial charge is 0.262 e. The van der Waals surface area contributed by atoms with E-state index in [1.807, 2.05) is 0 Å². The van der Waals surface area contributed by atoms with E-state index in [4.69, 9.17) is 17.3 Å². The normalized spacial score (nSPS) is 11.3. The van der Waals surface area contributed by atoms with Gasteiger partial charge in [0, 0.05) is 5.02 Å². The molecule has 0 aliphatic heterocycles. The van der Waals surface area contributed by atoms with E-state index in [1.54, 1.807) is 13.0 Å².